The Balaban J connectivity index is 1.85. The van der Waals surface area contributed by atoms with E-state index in [1.54, 1.807) is 38.5 Å². The van der Waals surface area contributed by atoms with E-state index in [-0.39, 0.29) is 0 Å². The molecule has 5 saturated carbocycles. The van der Waals surface area contributed by atoms with Gasteiger partial charge in [-0.15, -0.1) is 0 Å². The smallest absolute Gasteiger partial charge is 0.0240 e. The lowest BCUT2D eigenvalue weighted by Gasteiger charge is -2.36. The minimum absolute atomic E-state index is 0.962. The second-order valence-corrected chi connectivity index (χ2v) is 5.59. The van der Waals surface area contributed by atoms with Gasteiger partial charge in [0.05, 0.1) is 0 Å². The molecule has 1 spiro atoms. The summed E-state index contributed by atoms with van der Waals surface area (Å²) in [7, 11) is 0. The zero-order valence-electron chi connectivity index (χ0n) is 7.05. The third-order valence-electron chi connectivity index (χ3n) is 5.47. The van der Waals surface area contributed by atoms with E-state index in [9.17, 15) is 0 Å². The second-order valence-electron chi connectivity index (χ2n) is 5.59. The first-order chi connectivity index (χ1) is 5.38. The second kappa shape index (κ2) is 1.41. The molecule has 0 aromatic heterocycles. The van der Waals surface area contributed by atoms with Crippen molar-refractivity contribution in [2.75, 3.05) is 0 Å². The van der Waals surface area contributed by atoms with Crippen LogP contribution < -0.4 is 0 Å². The van der Waals surface area contributed by atoms with Gasteiger partial charge in [0.1, 0.15) is 0 Å². The van der Waals surface area contributed by atoms with Crippen molar-refractivity contribution in [3.05, 3.63) is 0 Å². The highest BCUT2D eigenvalue weighted by molar-refractivity contribution is 5.15. The summed E-state index contributed by atoms with van der Waals surface area (Å²) in [5, 5.41) is 0. The summed E-state index contributed by atoms with van der Waals surface area (Å²) in [6.45, 7) is 0. The third-order valence-corrected chi connectivity index (χ3v) is 5.47. The van der Waals surface area contributed by atoms with Gasteiger partial charge in [0.15, 0.2) is 0 Å². The van der Waals surface area contributed by atoms with E-state index in [2.05, 4.69) is 0 Å². The molecule has 0 atom stereocenters. The van der Waals surface area contributed by atoms with Crippen LogP contribution in [0.2, 0.25) is 0 Å². The van der Waals surface area contributed by atoms with Gasteiger partial charge in [-0.3, -0.25) is 0 Å². The number of hydrogen-bond donors (Lipinski definition) is 0. The van der Waals surface area contributed by atoms with Crippen LogP contribution in [-0.4, -0.2) is 0 Å². The first-order valence-electron chi connectivity index (χ1n) is 5.38. The molecule has 0 heteroatoms. The van der Waals surface area contributed by atoms with Crippen LogP contribution in [0.4, 0.5) is 0 Å². The van der Waals surface area contributed by atoms with Crippen molar-refractivity contribution in [3.8, 4) is 0 Å². The van der Waals surface area contributed by atoms with Crippen molar-refractivity contribution in [1.82, 2.24) is 0 Å². The van der Waals surface area contributed by atoms with Crippen LogP contribution >= 0.6 is 0 Å². The van der Waals surface area contributed by atoms with Gasteiger partial charge in [-0.2, -0.15) is 0 Å². The van der Waals surface area contributed by atoms with Gasteiger partial charge < -0.3 is 0 Å². The Kier molecular flexibility index (Phi) is 0.717. The average molecular weight is 148 g/mol. The molecule has 5 aliphatic rings. The summed E-state index contributed by atoms with van der Waals surface area (Å²) in [4.78, 5) is 0. The normalized spacial score (nSPS) is 61.1. The van der Waals surface area contributed by atoms with Crippen molar-refractivity contribution in [1.29, 1.82) is 0 Å². The van der Waals surface area contributed by atoms with Crippen LogP contribution in [0.3, 0.4) is 0 Å². The van der Waals surface area contributed by atoms with E-state index < -0.39 is 0 Å². The molecule has 4 bridgehead atoms. The lowest BCUT2D eigenvalue weighted by atomic mass is 9.69. The van der Waals surface area contributed by atoms with Crippen LogP contribution in [0.15, 0.2) is 0 Å². The molecule has 0 aliphatic heterocycles. The molecule has 5 rings (SSSR count). The van der Waals surface area contributed by atoms with Crippen molar-refractivity contribution in [2.45, 2.75) is 38.5 Å². The minimum atomic E-state index is 0.962. The van der Waals surface area contributed by atoms with Gasteiger partial charge in [-0.1, -0.05) is 0 Å². The molecule has 0 amide bonds. The molecule has 5 fully saturated rings. The van der Waals surface area contributed by atoms with E-state index in [1.165, 1.54) is 23.7 Å². The van der Waals surface area contributed by atoms with E-state index in [0.717, 1.165) is 5.41 Å². The van der Waals surface area contributed by atoms with E-state index in [0.29, 0.717) is 0 Å². The highest BCUT2D eigenvalue weighted by Crippen LogP contribution is 2.74. The third kappa shape index (κ3) is 0.467. The monoisotopic (exact) mass is 148 g/mol. The van der Waals surface area contributed by atoms with Crippen LogP contribution in [0.25, 0.3) is 0 Å². The largest absolute Gasteiger partial charge is 0.0468 e. The topological polar surface area (TPSA) is 0 Å². The Morgan fingerprint density at radius 2 is 1.18 bits per heavy atom. The quantitative estimate of drug-likeness (QED) is 0.495. The van der Waals surface area contributed by atoms with Crippen molar-refractivity contribution >= 4 is 0 Å². The zero-order valence-corrected chi connectivity index (χ0v) is 7.05. The van der Waals surface area contributed by atoms with Crippen molar-refractivity contribution in [3.63, 3.8) is 0 Å². The first kappa shape index (κ1) is 5.61. The Hall–Kier alpha value is 0. The molecule has 0 unspecified atom stereocenters. The lowest BCUT2D eigenvalue weighted by Crippen LogP contribution is -2.28. The highest BCUT2D eigenvalue weighted by Gasteiger charge is 2.65. The number of hydrogen-bond acceptors (Lipinski definition) is 0. The summed E-state index contributed by atoms with van der Waals surface area (Å²) < 4.78 is 0. The molecular weight excluding hydrogens is 132 g/mol. The number of rotatable bonds is 0. The molecule has 60 valence electrons. The van der Waals surface area contributed by atoms with Crippen molar-refractivity contribution in [2.24, 2.45) is 29.1 Å². The van der Waals surface area contributed by atoms with Gasteiger partial charge in [-0.05, 0) is 67.6 Å². The van der Waals surface area contributed by atoms with Gasteiger partial charge in [0.2, 0.25) is 0 Å². The lowest BCUT2D eigenvalue weighted by molar-refractivity contribution is 0.132. The molecular formula is C11H16. The summed E-state index contributed by atoms with van der Waals surface area (Å²) in [6, 6.07) is 0. The highest BCUT2D eigenvalue weighted by atomic mass is 14.7. The summed E-state index contributed by atoms with van der Waals surface area (Å²) in [6.07, 6.45) is 9.79. The average Bonchev–Trinajstić information content (AvgIpc) is 2.56. The fourth-order valence-corrected chi connectivity index (χ4v) is 4.85. The molecule has 0 aromatic rings. The van der Waals surface area contributed by atoms with Gasteiger partial charge in [0.25, 0.3) is 0 Å². The van der Waals surface area contributed by atoms with E-state index in [1.807, 2.05) is 0 Å². The standard InChI is InChI=1S/C11H16/c1-2-11(1)9-3-7-4-10(11)6-8(7)5-9/h7-10H,1-6H2. The molecule has 0 heterocycles. The SMILES string of the molecule is C1C2CC3CC2CC1C31CC1. The molecule has 0 nitrogen and oxygen atoms in total. The predicted octanol–water partition coefficient (Wildman–Crippen LogP) is 2.83. The Bertz CT molecular complexity index is 182. The van der Waals surface area contributed by atoms with Gasteiger partial charge in [0, 0.05) is 0 Å². The maximum Gasteiger partial charge on any atom is -0.0240 e. The fourth-order valence-electron chi connectivity index (χ4n) is 4.85. The molecule has 0 saturated heterocycles. The molecule has 0 N–H and O–H groups in total. The predicted molar refractivity (Wildman–Crippen MR) is 44.1 cm³/mol. The minimum Gasteiger partial charge on any atom is -0.0468 e. The summed E-state index contributed by atoms with van der Waals surface area (Å²) >= 11 is 0. The van der Waals surface area contributed by atoms with Crippen LogP contribution in [0, 0.1) is 29.1 Å². The fraction of sp³-hybridized carbons (Fsp3) is 1.00. The van der Waals surface area contributed by atoms with Gasteiger partial charge >= 0.3 is 0 Å². The van der Waals surface area contributed by atoms with Gasteiger partial charge in [-0.25, -0.2) is 0 Å². The summed E-state index contributed by atoms with van der Waals surface area (Å²) in [5.41, 5.74) is 0.962. The first-order valence-corrected chi connectivity index (χ1v) is 5.38. The summed E-state index contributed by atoms with van der Waals surface area (Å²) in [5.74, 6) is 4.84. The Morgan fingerprint density at radius 1 is 0.727 bits per heavy atom. The van der Waals surface area contributed by atoms with E-state index in [4.69, 9.17) is 0 Å². The maximum atomic E-state index is 1.64. The molecule has 11 heavy (non-hydrogen) atoms. The Labute approximate surface area is 68.4 Å². The van der Waals surface area contributed by atoms with E-state index >= 15 is 0 Å². The Morgan fingerprint density at radius 3 is 1.55 bits per heavy atom. The molecule has 0 aromatic carbocycles. The zero-order chi connectivity index (χ0) is 7.05. The van der Waals surface area contributed by atoms with Crippen LogP contribution in [-0.2, 0) is 0 Å². The maximum absolute atomic E-state index is 1.64. The molecule has 0 radical (unpaired) electrons. The van der Waals surface area contributed by atoms with Crippen LogP contribution in [0.5, 0.6) is 0 Å². The molecule has 5 aliphatic carbocycles. The van der Waals surface area contributed by atoms with Crippen molar-refractivity contribution < 1.29 is 0 Å². The van der Waals surface area contributed by atoms with Crippen LogP contribution in [0.1, 0.15) is 38.5 Å².